The molecule has 0 unspecified atom stereocenters. The minimum atomic E-state index is 0.559. The number of nitriles is 1. The SMILES string of the molecule is COc1cc(OC)cc(/C(=C/C#N)c2cccc(OC)c2OC)c1. The molecule has 0 saturated carbocycles. The average Bonchev–Trinajstić information content (AvgIpc) is 2.64. The minimum Gasteiger partial charge on any atom is -0.497 e. The molecule has 0 amide bonds. The van der Waals surface area contributed by atoms with E-state index in [2.05, 4.69) is 6.07 Å². The van der Waals surface area contributed by atoms with Crippen LogP contribution in [0.4, 0.5) is 0 Å². The monoisotopic (exact) mass is 325 g/mol. The molecule has 0 aliphatic rings. The van der Waals surface area contributed by atoms with Crippen molar-refractivity contribution >= 4 is 5.57 Å². The fourth-order valence-electron chi connectivity index (χ4n) is 2.44. The maximum atomic E-state index is 9.24. The Labute approximate surface area is 141 Å². The summed E-state index contributed by atoms with van der Waals surface area (Å²) in [5.41, 5.74) is 2.21. The Balaban J connectivity index is 2.69. The first-order valence-electron chi connectivity index (χ1n) is 7.23. The summed E-state index contributed by atoms with van der Waals surface area (Å²) in [4.78, 5) is 0. The molecule has 0 aromatic heterocycles. The molecule has 2 aromatic rings. The Hall–Kier alpha value is -3.13. The quantitative estimate of drug-likeness (QED) is 0.758. The van der Waals surface area contributed by atoms with Gasteiger partial charge in [-0.15, -0.1) is 0 Å². The first kappa shape index (κ1) is 17.2. The van der Waals surface area contributed by atoms with Gasteiger partial charge in [-0.2, -0.15) is 5.26 Å². The standard InChI is InChI=1S/C19H19NO4/c1-21-14-10-13(11-15(12-14)22-2)16(8-9-20)17-6-5-7-18(23-3)19(17)24-4/h5-8,10-12H,1-4H3/b16-8-. The molecule has 0 radical (unpaired) electrons. The van der Waals surface area contributed by atoms with Gasteiger partial charge in [0.05, 0.1) is 34.5 Å². The summed E-state index contributed by atoms with van der Waals surface area (Å²) in [5.74, 6) is 2.42. The van der Waals surface area contributed by atoms with Crippen molar-refractivity contribution in [2.45, 2.75) is 0 Å². The van der Waals surface area contributed by atoms with E-state index in [1.807, 2.05) is 24.3 Å². The van der Waals surface area contributed by atoms with Crippen molar-refractivity contribution in [3.05, 3.63) is 53.6 Å². The van der Waals surface area contributed by atoms with Crippen LogP contribution in [0.3, 0.4) is 0 Å². The number of rotatable bonds is 6. The molecule has 0 fully saturated rings. The lowest BCUT2D eigenvalue weighted by Crippen LogP contribution is -1.98. The highest BCUT2D eigenvalue weighted by molar-refractivity contribution is 5.86. The van der Waals surface area contributed by atoms with Gasteiger partial charge in [0.25, 0.3) is 0 Å². The van der Waals surface area contributed by atoms with E-state index in [9.17, 15) is 5.26 Å². The topological polar surface area (TPSA) is 60.7 Å². The Kier molecular flexibility index (Phi) is 5.69. The fraction of sp³-hybridized carbons (Fsp3) is 0.211. The second kappa shape index (κ2) is 7.93. The molecule has 0 saturated heterocycles. The number of benzene rings is 2. The lowest BCUT2D eigenvalue weighted by atomic mass is 9.96. The summed E-state index contributed by atoms with van der Waals surface area (Å²) in [5, 5.41) is 9.24. The van der Waals surface area contributed by atoms with Crippen molar-refractivity contribution in [1.29, 1.82) is 5.26 Å². The number of ether oxygens (including phenoxy) is 4. The molecule has 0 heterocycles. The molecule has 0 spiro atoms. The van der Waals surface area contributed by atoms with Gasteiger partial charge in [-0.3, -0.25) is 0 Å². The van der Waals surface area contributed by atoms with Gasteiger partial charge in [0.2, 0.25) is 0 Å². The van der Waals surface area contributed by atoms with Crippen LogP contribution in [0.5, 0.6) is 23.0 Å². The number of nitrogens with zero attached hydrogens (tertiary/aromatic N) is 1. The Morgan fingerprint density at radius 2 is 1.58 bits per heavy atom. The summed E-state index contributed by atoms with van der Waals surface area (Å²) in [6.07, 6.45) is 1.46. The molecule has 0 N–H and O–H groups in total. The number of allylic oxidation sites excluding steroid dienone is 1. The van der Waals surface area contributed by atoms with Crippen molar-refractivity contribution in [1.82, 2.24) is 0 Å². The zero-order chi connectivity index (χ0) is 17.5. The van der Waals surface area contributed by atoms with E-state index >= 15 is 0 Å². The smallest absolute Gasteiger partial charge is 0.168 e. The van der Waals surface area contributed by atoms with Crippen LogP contribution in [0, 0.1) is 11.3 Å². The Morgan fingerprint density at radius 3 is 2.08 bits per heavy atom. The average molecular weight is 325 g/mol. The van der Waals surface area contributed by atoms with Crippen LogP contribution in [0.15, 0.2) is 42.5 Å². The van der Waals surface area contributed by atoms with Crippen molar-refractivity contribution in [3.8, 4) is 29.1 Å². The van der Waals surface area contributed by atoms with Gasteiger partial charge in [0.1, 0.15) is 11.5 Å². The highest BCUT2D eigenvalue weighted by Gasteiger charge is 2.16. The van der Waals surface area contributed by atoms with E-state index < -0.39 is 0 Å². The maximum absolute atomic E-state index is 9.24. The van der Waals surface area contributed by atoms with Gasteiger partial charge in [0, 0.05) is 23.3 Å². The number of para-hydroxylation sites is 1. The highest BCUT2D eigenvalue weighted by Crippen LogP contribution is 2.39. The number of hydrogen-bond acceptors (Lipinski definition) is 5. The molecular formula is C19H19NO4. The lowest BCUT2D eigenvalue weighted by molar-refractivity contribution is 0.354. The molecule has 0 aliphatic carbocycles. The summed E-state index contributed by atoms with van der Waals surface area (Å²) < 4.78 is 21.5. The maximum Gasteiger partial charge on any atom is 0.168 e. The molecule has 2 aromatic carbocycles. The molecule has 124 valence electrons. The van der Waals surface area contributed by atoms with Crippen LogP contribution < -0.4 is 18.9 Å². The molecule has 24 heavy (non-hydrogen) atoms. The zero-order valence-electron chi connectivity index (χ0n) is 14.1. The van der Waals surface area contributed by atoms with Crippen LogP contribution in [0.25, 0.3) is 5.57 Å². The van der Waals surface area contributed by atoms with Crippen molar-refractivity contribution < 1.29 is 18.9 Å². The zero-order valence-corrected chi connectivity index (χ0v) is 14.1. The van der Waals surface area contributed by atoms with Crippen molar-refractivity contribution in [2.75, 3.05) is 28.4 Å². The van der Waals surface area contributed by atoms with E-state index in [-0.39, 0.29) is 0 Å². The number of hydrogen-bond donors (Lipinski definition) is 0. The molecule has 5 nitrogen and oxygen atoms in total. The Bertz CT molecular complexity index is 768. The summed E-state index contributed by atoms with van der Waals surface area (Å²) >= 11 is 0. The lowest BCUT2D eigenvalue weighted by Gasteiger charge is -2.16. The second-order valence-electron chi connectivity index (χ2n) is 4.83. The summed E-state index contributed by atoms with van der Waals surface area (Å²) in [6, 6.07) is 13.1. The van der Waals surface area contributed by atoms with Crippen LogP contribution in [-0.4, -0.2) is 28.4 Å². The molecule has 2 rings (SSSR count). The Morgan fingerprint density at radius 1 is 0.917 bits per heavy atom. The molecule has 5 heteroatoms. The van der Waals surface area contributed by atoms with Gasteiger partial charge in [-0.05, 0) is 23.8 Å². The van der Waals surface area contributed by atoms with Gasteiger partial charge < -0.3 is 18.9 Å². The third-order valence-corrected chi connectivity index (χ3v) is 3.56. The summed E-state index contributed by atoms with van der Waals surface area (Å²) in [7, 11) is 6.30. The number of methoxy groups -OCH3 is 4. The molecule has 0 aliphatic heterocycles. The highest BCUT2D eigenvalue weighted by atomic mass is 16.5. The third kappa shape index (κ3) is 3.44. The molecule has 0 bridgehead atoms. The van der Waals surface area contributed by atoms with Crippen LogP contribution in [0.1, 0.15) is 11.1 Å². The van der Waals surface area contributed by atoms with Gasteiger partial charge in [-0.25, -0.2) is 0 Å². The van der Waals surface area contributed by atoms with Gasteiger partial charge in [-0.1, -0.05) is 12.1 Å². The summed E-state index contributed by atoms with van der Waals surface area (Å²) in [6.45, 7) is 0. The van der Waals surface area contributed by atoms with Gasteiger partial charge in [0.15, 0.2) is 11.5 Å². The van der Waals surface area contributed by atoms with E-state index in [0.717, 1.165) is 11.1 Å². The fourth-order valence-corrected chi connectivity index (χ4v) is 2.44. The van der Waals surface area contributed by atoms with Gasteiger partial charge >= 0.3 is 0 Å². The van der Waals surface area contributed by atoms with E-state index in [4.69, 9.17) is 18.9 Å². The van der Waals surface area contributed by atoms with E-state index in [1.54, 1.807) is 40.6 Å². The molecular weight excluding hydrogens is 306 g/mol. The van der Waals surface area contributed by atoms with Crippen molar-refractivity contribution in [2.24, 2.45) is 0 Å². The largest absolute Gasteiger partial charge is 0.497 e. The molecule has 0 atom stereocenters. The van der Waals surface area contributed by atoms with Crippen LogP contribution in [0.2, 0.25) is 0 Å². The predicted molar refractivity (Wildman–Crippen MR) is 91.8 cm³/mol. The first-order chi connectivity index (χ1) is 11.7. The normalized spacial score (nSPS) is 10.7. The van der Waals surface area contributed by atoms with E-state index in [1.165, 1.54) is 6.08 Å². The third-order valence-electron chi connectivity index (χ3n) is 3.56. The second-order valence-corrected chi connectivity index (χ2v) is 4.83. The van der Waals surface area contributed by atoms with Crippen LogP contribution >= 0.6 is 0 Å². The predicted octanol–water partition coefficient (Wildman–Crippen LogP) is 3.68. The van der Waals surface area contributed by atoms with E-state index in [0.29, 0.717) is 28.6 Å². The first-order valence-corrected chi connectivity index (χ1v) is 7.23. The van der Waals surface area contributed by atoms with Crippen LogP contribution in [-0.2, 0) is 0 Å². The van der Waals surface area contributed by atoms with Crippen molar-refractivity contribution in [3.63, 3.8) is 0 Å². The minimum absolute atomic E-state index is 0.559.